The molecule has 0 saturated carbocycles. The van der Waals surface area contributed by atoms with Gasteiger partial charge >= 0.3 is 0 Å². The Kier molecular flexibility index (Phi) is 10.9. The summed E-state index contributed by atoms with van der Waals surface area (Å²) in [6.45, 7) is 10.5. The van der Waals surface area contributed by atoms with E-state index in [9.17, 15) is 0 Å². The molecule has 0 amide bonds. The number of benzene rings is 1. The molecule has 1 aromatic carbocycles. The average molecular weight is 575 g/mol. The van der Waals surface area contributed by atoms with Crippen molar-refractivity contribution >= 4 is 41.3 Å². The Morgan fingerprint density at radius 2 is 1.72 bits per heavy atom. The monoisotopic (exact) mass is 574 g/mol. The Bertz CT molecular complexity index is 857. The van der Waals surface area contributed by atoms with E-state index in [4.69, 9.17) is 19.2 Å². The third-order valence-electron chi connectivity index (χ3n) is 5.48. The number of ether oxygens (including phenoxy) is 3. The molecule has 9 heteroatoms. The summed E-state index contributed by atoms with van der Waals surface area (Å²) >= 11 is 1.78. The highest BCUT2D eigenvalue weighted by Crippen LogP contribution is 2.38. The van der Waals surface area contributed by atoms with Crippen molar-refractivity contribution in [1.29, 1.82) is 0 Å². The maximum atomic E-state index is 5.49. The van der Waals surface area contributed by atoms with Crippen molar-refractivity contribution in [3.05, 3.63) is 39.6 Å². The molecular formula is C23H35IN4O3S. The molecule has 3 rings (SSSR count). The van der Waals surface area contributed by atoms with E-state index in [0.717, 1.165) is 57.3 Å². The number of hydrogen-bond donors (Lipinski definition) is 1. The number of piperazine rings is 1. The van der Waals surface area contributed by atoms with Crippen LogP contribution in [-0.2, 0) is 13.1 Å². The number of hydrogen-bond acceptors (Lipinski definition) is 6. The van der Waals surface area contributed by atoms with Gasteiger partial charge in [0.1, 0.15) is 0 Å². The fourth-order valence-electron chi connectivity index (χ4n) is 3.74. The molecule has 0 aliphatic carbocycles. The summed E-state index contributed by atoms with van der Waals surface area (Å²) in [5.41, 5.74) is 2.47. The molecular weight excluding hydrogens is 539 g/mol. The highest BCUT2D eigenvalue weighted by atomic mass is 127. The van der Waals surface area contributed by atoms with E-state index < -0.39 is 0 Å². The molecule has 0 unspecified atom stereocenters. The largest absolute Gasteiger partial charge is 0.493 e. The third kappa shape index (κ3) is 6.64. The lowest BCUT2D eigenvalue weighted by molar-refractivity contribution is 0.172. The number of thiophene rings is 1. The molecule has 7 nitrogen and oxygen atoms in total. The first-order chi connectivity index (χ1) is 15.1. The van der Waals surface area contributed by atoms with E-state index in [1.54, 1.807) is 32.7 Å². The van der Waals surface area contributed by atoms with Crippen LogP contribution in [0.25, 0.3) is 0 Å². The van der Waals surface area contributed by atoms with Crippen LogP contribution in [0.4, 0.5) is 0 Å². The molecule has 0 radical (unpaired) electrons. The Morgan fingerprint density at radius 3 is 2.22 bits per heavy atom. The Labute approximate surface area is 212 Å². The molecule has 1 saturated heterocycles. The topological polar surface area (TPSA) is 58.6 Å². The molecule has 1 fully saturated rings. The zero-order valence-corrected chi connectivity index (χ0v) is 22.8. The first-order valence-corrected chi connectivity index (χ1v) is 11.5. The van der Waals surface area contributed by atoms with Crippen molar-refractivity contribution in [3.63, 3.8) is 0 Å². The van der Waals surface area contributed by atoms with Crippen LogP contribution in [-0.4, -0.2) is 69.8 Å². The van der Waals surface area contributed by atoms with E-state index in [-0.39, 0.29) is 24.0 Å². The van der Waals surface area contributed by atoms with E-state index in [0.29, 0.717) is 17.2 Å². The number of nitrogens with one attached hydrogen (secondary N) is 1. The van der Waals surface area contributed by atoms with Gasteiger partial charge in [-0.05, 0) is 48.6 Å². The SMILES string of the molecule is CCNC(=NCc1sccc1C)N1CCN(Cc2cc(OC)c(OC)c(OC)c2)CC1.I. The lowest BCUT2D eigenvalue weighted by Crippen LogP contribution is -2.52. The Morgan fingerprint density at radius 1 is 1.06 bits per heavy atom. The summed E-state index contributed by atoms with van der Waals surface area (Å²) in [4.78, 5) is 11.0. The van der Waals surface area contributed by atoms with Crippen molar-refractivity contribution in [2.75, 3.05) is 54.1 Å². The van der Waals surface area contributed by atoms with Crippen LogP contribution in [0.3, 0.4) is 0 Å². The van der Waals surface area contributed by atoms with Gasteiger partial charge in [0, 0.05) is 44.1 Å². The van der Waals surface area contributed by atoms with Gasteiger partial charge in [0.05, 0.1) is 27.9 Å². The van der Waals surface area contributed by atoms with Crippen LogP contribution >= 0.6 is 35.3 Å². The second-order valence-corrected chi connectivity index (χ2v) is 8.49. The average Bonchev–Trinajstić information content (AvgIpc) is 3.21. The summed E-state index contributed by atoms with van der Waals surface area (Å²) in [7, 11) is 4.93. The molecule has 0 spiro atoms. The molecule has 0 bridgehead atoms. The molecule has 2 heterocycles. The number of halogens is 1. The van der Waals surface area contributed by atoms with Gasteiger partial charge in [0.25, 0.3) is 0 Å². The molecule has 178 valence electrons. The van der Waals surface area contributed by atoms with Crippen molar-refractivity contribution in [2.24, 2.45) is 4.99 Å². The van der Waals surface area contributed by atoms with Crippen molar-refractivity contribution in [1.82, 2.24) is 15.1 Å². The highest BCUT2D eigenvalue weighted by molar-refractivity contribution is 14.0. The van der Waals surface area contributed by atoms with Crippen LogP contribution < -0.4 is 19.5 Å². The second kappa shape index (κ2) is 13.1. The Hall–Kier alpha value is -1.72. The summed E-state index contributed by atoms with van der Waals surface area (Å²) in [5.74, 6) is 3.02. The fraction of sp³-hybridized carbons (Fsp3) is 0.522. The Balaban J connectivity index is 0.00000363. The maximum Gasteiger partial charge on any atom is 0.203 e. The van der Waals surface area contributed by atoms with Gasteiger partial charge in [-0.2, -0.15) is 0 Å². The summed E-state index contributed by atoms with van der Waals surface area (Å²) in [5, 5.41) is 5.59. The molecule has 1 aliphatic rings. The minimum atomic E-state index is 0. The van der Waals surface area contributed by atoms with E-state index >= 15 is 0 Å². The summed E-state index contributed by atoms with van der Waals surface area (Å²) < 4.78 is 16.4. The van der Waals surface area contributed by atoms with Gasteiger partial charge in [0.15, 0.2) is 17.5 Å². The number of aryl methyl sites for hydroxylation is 1. The highest BCUT2D eigenvalue weighted by Gasteiger charge is 2.21. The van der Waals surface area contributed by atoms with Crippen molar-refractivity contribution in [3.8, 4) is 17.2 Å². The van der Waals surface area contributed by atoms with Gasteiger partial charge in [0.2, 0.25) is 5.75 Å². The van der Waals surface area contributed by atoms with Crippen molar-refractivity contribution in [2.45, 2.75) is 26.9 Å². The second-order valence-electron chi connectivity index (χ2n) is 7.49. The number of guanidine groups is 1. The summed E-state index contributed by atoms with van der Waals surface area (Å²) in [6.07, 6.45) is 0. The molecule has 2 aromatic rings. The van der Waals surface area contributed by atoms with Crippen LogP contribution in [0.2, 0.25) is 0 Å². The molecule has 32 heavy (non-hydrogen) atoms. The van der Waals surface area contributed by atoms with Crippen LogP contribution in [0.15, 0.2) is 28.6 Å². The van der Waals surface area contributed by atoms with Gasteiger partial charge < -0.3 is 24.4 Å². The standard InChI is InChI=1S/C23H34N4O3S.HI/c1-6-24-23(25-15-21-17(2)7-12-31-21)27-10-8-26(9-11-27)16-18-13-19(28-3)22(30-5)20(14-18)29-4;/h7,12-14H,6,8-11,15-16H2,1-5H3,(H,24,25);1H. The molecule has 0 atom stereocenters. The van der Waals surface area contributed by atoms with Crippen LogP contribution in [0.1, 0.15) is 22.9 Å². The first-order valence-electron chi connectivity index (χ1n) is 10.7. The smallest absolute Gasteiger partial charge is 0.203 e. The van der Waals surface area contributed by atoms with E-state index in [1.807, 2.05) is 12.1 Å². The summed E-state index contributed by atoms with van der Waals surface area (Å²) in [6, 6.07) is 6.22. The normalized spacial score (nSPS) is 14.7. The minimum absolute atomic E-state index is 0. The van der Waals surface area contributed by atoms with Gasteiger partial charge in [-0.3, -0.25) is 4.90 Å². The predicted octanol–water partition coefficient (Wildman–Crippen LogP) is 3.98. The first kappa shape index (κ1) is 26.5. The maximum absolute atomic E-state index is 5.49. The van der Waals surface area contributed by atoms with Crippen LogP contribution in [0.5, 0.6) is 17.2 Å². The van der Waals surface area contributed by atoms with Crippen molar-refractivity contribution < 1.29 is 14.2 Å². The quantitative estimate of drug-likeness (QED) is 0.293. The number of aliphatic imine (C=N–C) groups is 1. The fourth-order valence-corrected chi connectivity index (χ4v) is 4.57. The number of nitrogens with zero attached hydrogens (tertiary/aromatic N) is 3. The van der Waals surface area contributed by atoms with Gasteiger partial charge in [-0.1, -0.05) is 0 Å². The van der Waals surface area contributed by atoms with Gasteiger partial charge in [-0.15, -0.1) is 35.3 Å². The molecule has 1 aromatic heterocycles. The molecule has 1 aliphatic heterocycles. The zero-order chi connectivity index (χ0) is 22.2. The van der Waals surface area contributed by atoms with Gasteiger partial charge in [-0.25, -0.2) is 4.99 Å². The zero-order valence-electron chi connectivity index (χ0n) is 19.6. The van der Waals surface area contributed by atoms with Crippen LogP contribution in [0, 0.1) is 6.92 Å². The van der Waals surface area contributed by atoms with E-state index in [2.05, 4.69) is 40.4 Å². The minimum Gasteiger partial charge on any atom is -0.493 e. The number of rotatable bonds is 8. The molecule has 1 N–H and O–H groups in total. The predicted molar refractivity (Wildman–Crippen MR) is 142 cm³/mol. The lowest BCUT2D eigenvalue weighted by Gasteiger charge is -2.36. The third-order valence-corrected chi connectivity index (χ3v) is 6.49. The van der Waals surface area contributed by atoms with E-state index in [1.165, 1.54) is 10.4 Å². The number of methoxy groups -OCH3 is 3. The lowest BCUT2D eigenvalue weighted by atomic mass is 10.1.